The molecule has 1 saturated carbocycles. The van der Waals surface area contributed by atoms with Crippen LogP contribution < -0.4 is 10.2 Å². The number of hydrogen-bond acceptors (Lipinski definition) is 3. The zero-order chi connectivity index (χ0) is 15.4. The number of rotatable bonds is 6. The van der Waals surface area contributed by atoms with Gasteiger partial charge < -0.3 is 15.3 Å². The van der Waals surface area contributed by atoms with E-state index in [2.05, 4.69) is 10.2 Å². The first-order valence-corrected chi connectivity index (χ1v) is 7.05. The van der Waals surface area contributed by atoms with Crippen molar-refractivity contribution >= 4 is 17.7 Å². The molecule has 2 N–H and O–H groups in total. The van der Waals surface area contributed by atoms with Crippen LogP contribution in [0.15, 0.2) is 24.3 Å². The summed E-state index contributed by atoms with van der Waals surface area (Å²) in [5.74, 6) is -1.04. The molecule has 2 amide bonds. The molecule has 6 nitrogen and oxygen atoms in total. The van der Waals surface area contributed by atoms with Crippen molar-refractivity contribution in [2.24, 2.45) is 0 Å². The summed E-state index contributed by atoms with van der Waals surface area (Å²) >= 11 is 0. The number of amides is 2. The van der Waals surface area contributed by atoms with Crippen LogP contribution in [0.2, 0.25) is 0 Å². The third-order valence-corrected chi connectivity index (χ3v) is 3.71. The third-order valence-electron chi connectivity index (χ3n) is 3.71. The van der Waals surface area contributed by atoms with Crippen molar-refractivity contribution in [3.05, 3.63) is 29.8 Å². The fourth-order valence-electron chi connectivity index (χ4n) is 2.21. The second kappa shape index (κ2) is 6.58. The van der Waals surface area contributed by atoms with E-state index in [9.17, 15) is 9.59 Å². The van der Waals surface area contributed by atoms with Gasteiger partial charge in [-0.05, 0) is 32.0 Å². The van der Waals surface area contributed by atoms with E-state index in [1.807, 2.05) is 7.05 Å². The number of likely N-dealkylation sites (N-methyl/N-ethyl adjacent to an activating group) is 1. The predicted molar refractivity (Wildman–Crippen MR) is 80.9 cm³/mol. The second-order valence-electron chi connectivity index (χ2n) is 5.33. The van der Waals surface area contributed by atoms with E-state index in [-0.39, 0.29) is 11.6 Å². The highest BCUT2D eigenvalue weighted by molar-refractivity contribution is 6.01. The summed E-state index contributed by atoms with van der Waals surface area (Å²) in [5, 5.41) is 12.0. The first-order chi connectivity index (χ1) is 10.0. The molecular weight excluding hydrogens is 270 g/mol. The average Bonchev–Trinajstić information content (AvgIpc) is 3.30. The molecule has 114 valence electrons. The summed E-state index contributed by atoms with van der Waals surface area (Å²) in [6.07, 6.45) is 2.46. The van der Waals surface area contributed by atoms with Crippen molar-refractivity contribution in [2.75, 3.05) is 32.1 Å². The van der Waals surface area contributed by atoms with Gasteiger partial charge in [0.15, 0.2) is 0 Å². The highest BCUT2D eigenvalue weighted by Gasteiger charge is 2.25. The zero-order valence-corrected chi connectivity index (χ0v) is 12.4. The number of anilines is 1. The van der Waals surface area contributed by atoms with Crippen LogP contribution in [0.5, 0.6) is 0 Å². The number of aromatic carboxylic acids is 1. The molecule has 1 aromatic rings. The summed E-state index contributed by atoms with van der Waals surface area (Å²) in [4.78, 5) is 26.8. The molecular formula is C15H21N3O3. The molecule has 1 fully saturated rings. The number of nitrogens with zero attached hydrogens (tertiary/aromatic N) is 2. The number of carbonyl (C=O) groups excluding carboxylic acids is 1. The minimum atomic E-state index is -1.04. The van der Waals surface area contributed by atoms with Crippen molar-refractivity contribution < 1.29 is 14.7 Å². The van der Waals surface area contributed by atoms with E-state index in [0.717, 1.165) is 6.54 Å². The topological polar surface area (TPSA) is 72.9 Å². The smallest absolute Gasteiger partial charge is 0.337 e. The van der Waals surface area contributed by atoms with E-state index in [0.29, 0.717) is 18.3 Å². The summed E-state index contributed by atoms with van der Waals surface area (Å²) in [5.41, 5.74) is 0.503. The van der Waals surface area contributed by atoms with E-state index < -0.39 is 5.97 Å². The fraction of sp³-hybridized carbons (Fsp3) is 0.467. The number of nitrogens with one attached hydrogen (secondary N) is 1. The van der Waals surface area contributed by atoms with E-state index in [4.69, 9.17) is 5.11 Å². The zero-order valence-electron chi connectivity index (χ0n) is 12.4. The molecule has 0 unspecified atom stereocenters. The number of urea groups is 1. The Morgan fingerprint density at radius 2 is 1.95 bits per heavy atom. The van der Waals surface area contributed by atoms with E-state index >= 15 is 0 Å². The SMILES string of the molecule is CN(C(=O)NCCN(C)C1CC1)c1ccccc1C(=O)O. The van der Waals surface area contributed by atoms with Crippen LogP contribution in [-0.4, -0.2) is 55.2 Å². The quantitative estimate of drug-likeness (QED) is 0.835. The minimum Gasteiger partial charge on any atom is -0.478 e. The molecule has 0 heterocycles. The molecule has 1 aliphatic rings. The Labute approximate surface area is 124 Å². The average molecular weight is 291 g/mol. The van der Waals surface area contributed by atoms with Crippen LogP contribution in [0.1, 0.15) is 23.2 Å². The summed E-state index contributed by atoms with van der Waals surface area (Å²) in [6.45, 7) is 1.34. The largest absolute Gasteiger partial charge is 0.478 e. The lowest BCUT2D eigenvalue weighted by Crippen LogP contribution is -2.41. The van der Waals surface area contributed by atoms with Crippen molar-refractivity contribution in [1.82, 2.24) is 10.2 Å². The number of para-hydroxylation sites is 1. The maximum absolute atomic E-state index is 12.1. The Bertz CT molecular complexity index is 529. The molecule has 0 aromatic heterocycles. The van der Waals surface area contributed by atoms with Gasteiger partial charge in [-0.15, -0.1) is 0 Å². The number of hydrogen-bond donors (Lipinski definition) is 2. The highest BCUT2D eigenvalue weighted by atomic mass is 16.4. The van der Waals surface area contributed by atoms with Crippen LogP contribution >= 0.6 is 0 Å². The van der Waals surface area contributed by atoms with Crippen LogP contribution in [0, 0.1) is 0 Å². The Hall–Kier alpha value is -2.08. The van der Waals surface area contributed by atoms with Crippen LogP contribution in [0.4, 0.5) is 10.5 Å². The molecule has 6 heteroatoms. The van der Waals surface area contributed by atoms with Gasteiger partial charge in [0.1, 0.15) is 0 Å². The van der Waals surface area contributed by atoms with Gasteiger partial charge in [-0.3, -0.25) is 4.90 Å². The highest BCUT2D eigenvalue weighted by Crippen LogP contribution is 2.24. The second-order valence-corrected chi connectivity index (χ2v) is 5.33. The first kappa shape index (κ1) is 15.3. The van der Waals surface area contributed by atoms with Crippen molar-refractivity contribution in [1.29, 1.82) is 0 Å². The van der Waals surface area contributed by atoms with Gasteiger partial charge in [-0.1, -0.05) is 12.1 Å². The lowest BCUT2D eigenvalue weighted by Gasteiger charge is -2.21. The van der Waals surface area contributed by atoms with Crippen molar-refractivity contribution in [3.63, 3.8) is 0 Å². The van der Waals surface area contributed by atoms with Gasteiger partial charge in [0.05, 0.1) is 11.3 Å². The van der Waals surface area contributed by atoms with Crippen LogP contribution in [0.3, 0.4) is 0 Å². The predicted octanol–water partition coefficient (Wildman–Crippen LogP) is 1.62. The van der Waals surface area contributed by atoms with Gasteiger partial charge in [0, 0.05) is 26.2 Å². The summed E-state index contributed by atoms with van der Waals surface area (Å²) in [7, 11) is 3.62. The molecule has 21 heavy (non-hydrogen) atoms. The van der Waals surface area contributed by atoms with Gasteiger partial charge in [0.2, 0.25) is 0 Å². The summed E-state index contributed by atoms with van der Waals surface area (Å²) in [6, 6.07) is 6.83. The molecule has 0 spiro atoms. The molecule has 1 aromatic carbocycles. The monoisotopic (exact) mass is 291 g/mol. The Morgan fingerprint density at radius 3 is 2.57 bits per heavy atom. The third kappa shape index (κ3) is 3.95. The fourth-order valence-corrected chi connectivity index (χ4v) is 2.21. The maximum atomic E-state index is 12.1. The number of carboxylic acids is 1. The van der Waals surface area contributed by atoms with Gasteiger partial charge in [0.25, 0.3) is 0 Å². The Morgan fingerprint density at radius 1 is 1.29 bits per heavy atom. The molecule has 2 rings (SSSR count). The van der Waals surface area contributed by atoms with Gasteiger partial charge in [-0.25, -0.2) is 9.59 Å². The molecule has 0 aliphatic heterocycles. The van der Waals surface area contributed by atoms with Crippen molar-refractivity contribution in [3.8, 4) is 0 Å². The summed E-state index contributed by atoms with van der Waals surface area (Å²) < 4.78 is 0. The lowest BCUT2D eigenvalue weighted by atomic mass is 10.1. The molecule has 0 atom stereocenters. The number of carboxylic acid groups (broad SMARTS) is 1. The number of carbonyl (C=O) groups is 2. The van der Waals surface area contributed by atoms with Gasteiger partial charge >= 0.3 is 12.0 Å². The molecule has 0 saturated heterocycles. The minimum absolute atomic E-state index is 0.116. The maximum Gasteiger partial charge on any atom is 0.337 e. The number of benzene rings is 1. The Kier molecular flexibility index (Phi) is 4.80. The standard InChI is InChI=1S/C15H21N3O3/c1-17(11-7-8-11)10-9-16-15(21)18(2)13-6-4-3-5-12(13)14(19)20/h3-6,11H,7-10H2,1-2H3,(H,16,21)(H,19,20). The first-order valence-electron chi connectivity index (χ1n) is 7.05. The lowest BCUT2D eigenvalue weighted by molar-refractivity contribution is 0.0697. The Balaban J connectivity index is 1.91. The van der Waals surface area contributed by atoms with Crippen molar-refractivity contribution in [2.45, 2.75) is 18.9 Å². The molecule has 1 aliphatic carbocycles. The molecule has 0 bridgehead atoms. The molecule has 0 radical (unpaired) electrons. The van der Waals surface area contributed by atoms with E-state index in [1.54, 1.807) is 25.2 Å². The van der Waals surface area contributed by atoms with Gasteiger partial charge in [-0.2, -0.15) is 0 Å². The van der Waals surface area contributed by atoms with Crippen LogP contribution in [-0.2, 0) is 0 Å². The normalized spacial score (nSPS) is 14.0. The van der Waals surface area contributed by atoms with Crippen LogP contribution in [0.25, 0.3) is 0 Å². The van der Waals surface area contributed by atoms with E-state index in [1.165, 1.54) is 23.8 Å².